The number of halogens is 1. The van der Waals surface area contributed by atoms with Gasteiger partial charge in [-0.05, 0) is 55.2 Å². The first-order valence-corrected chi connectivity index (χ1v) is 8.48. The number of hydrogen-bond donors (Lipinski definition) is 0. The molecule has 0 fully saturated rings. The van der Waals surface area contributed by atoms with Gasteiger partial charge >= 0.3 is 5.97 Å². The Morgan fingerprint density at radius 2 is 2.04 bits per heavy atom. The second-order valence-electron chi connectivity index (χ2n) is 6.25. The fraction of sp³-hybridized carbons (Fsp3) is 0.250. The minimum atomic E-state index is -0.287. The molecule has 0 unspecified atom stereocenters. The van der Waals surface area contributed by atoms with Crippen molar-refractivity contribution in [3.8, 4) is 11.3 Å². The molecule has 1 aliphatic rings. The number of hydrogen-bond acceptors (Lipinski definition) is 2. The fourth-order valence-electron chi connectivity index (χ4n) is 3.77. The molecule has 0 saturated carbocycles. The van der Waals surface area contributed by atoms with Gasteiger partial charge in [-0.3, -0.25) is 0 Å². The molecule has 1 aromatic heterocycles. The first kappa shape index (κ1) is 15.3. The Labute approximate surface area is 145 Å². The van der Waals surface area contributed by atoms with Gasteiger partial charge in [-0.2, -0.15) is 0 Å². The standard InChI is InChI=1S/C20H18ClNO2/c1-12-16(20(23)24-2)8-6-13-4-3-9-22-17-11-15(21)7-5-14(17)10-18(22)19(12)13/h5-8,10-11H,3-4,9H2,1-2H3. The summed E-state index contributed by atoms with van der Waals surface area (Å²) in [4.78, 5) is 12.1. The van der Waals surface area contributed by atoms with E-state index in [4.69, 9.17) is 16.3 Å². The highest BCUT2D eigenvalue weighted by Crippen LogP contribution is 2.38. The van der Waals surface area contributed by atoms with Gasteiger partial charge in [0.15, 0.2) is 0 Å². The Kier molecular flexibility index (Phi) is 3.61. The number of carbonyl (C=O) groups is 1. The van der Waals surface area contributed by atoms with Crippen LogP contribution in [0.1, 0.15) is 27.9 Å². The van der Waals surface area contributed by atoms with Gasteiger partial charge in [-0.1, -0.05) is 23.7 Å². The molecule has 24 heavy (non-hydrogen) atoms. The number of aryl methyl sites for hydroxylation is 2. The summed E-state index contributed by atoms with van der Waals surface area (Å²) in [7, 11) is 1.42. The summed E-state index contributed by atoms with van der Waals surface area (Å²) in [5.41, 5.74) is 6.36. The molecule has 122 valence electrons. The maximum atomic E-state index is 12.1. The molecular weight excluding hydrogens is 322 g/mol. The van der Waals surface area contributed by atoms with Crippen molar-refractivity contribution in [1.82, 2.24) is 4.57 Å². The van der Waals surface area contributed by atoms with Crippen LogP contribution in [-0.4, -0.2) is 17.6 Å². The third kappa shape index (κ3) is 2.23. The van der Waals surface area contributed by atoms with E-state index in [1.807, 2.05) is 25.1 Å². The first-order valence-electron chi connectivity index (χ1n) is 8.10. The van der Waals surface area contributed by atoms with E-state index in [-0.39, 0.29) is 5.97 Å². The van der Waals surface area contributed by atoms with Crippen LogP contribution in [0.4, 0.5) is 0 Å². The number of aromatic nitrogens is 1. The summed E-state index contributed by atoms with van der Waals surface area (Å²) in [6.07, 6.45) is 2.06. The van der Waals surface area contributed by atoms with Gasteiger partial charge in [0.25, 0.3) is 0 Å². The Morgan fingerprint density at radius 1 is 1.21 bits per heavy atom. The second-order valence-corrected chi connectivity index (χ2v) is 6.69. The average molecular weight is 340 g/mol. The van der Waals surface area contributed by atoms with Crippen LogP contribution in [0.5, 0.6) is 0 Å². The van der Waals surface area contributed by atoms with E-state index in [2.05, 4.69) is 22.8 Å². The van der Waals surface area contributed by atoms with Crippen LogP contribution in [0.15, 0.2) is 36.4 Å². The molecule has 2 heterocycles. The van der Waals surface area contributed by atoms with E-state index in [9.17, 15) is 4.79 Å². The zero-order chi connectivity index (χ0) is 16.8. The van der Waals surface area contributed by atoms with Gasteiger partial charge in [0.2, 0.25) is 0 Å². The first-order chi connectivity index (χ1) is 11.6. The molecule has 3 aromatic rings. The fourth-order valence-corrected chi connectivity index (χ4v) is 3.93. The van der Waals surface area contributed by atoms with E-state index >= 15 is 0 Å². The molecule has 4 heteroatoms. The van der Waals surface area contributed by atoms with Crippen LogP contribution < -0.4 is 0 Å². The molecule has 0 amide bonds. The van der Waals surface area contributed by atoms with Crippen LogP contribution in [-0.2, 0) is 17.7 Å². The highest BCUT2D eigenvalue weighted by Gasteiger charge is 2.22. The molecular formula is C20H18ClNO2. The number of carbonyl (C=O) groups excluding carboxylic acids is 1. The Balaban J connectivity index is 2.04. The Bertz CT molecular complexity index is 971. The van der Waals surface area contributed by atoms with E-state index < -0.39 is 0 Å². The SMILES string of the molecule is COC(=O)c1ccc2c(c1C)-c1cc3ccc(Cl)cc3n1CCC2. The molecule has 0 atom stereocenters. The zero-order valence-electron chi connectivity index (χ0n) is 13.7. The third-order valence-electron chi connectivity index (χ3n) is 4.91. The molecule has 0 aliphatic carbocycles. The van der Waals surface area contributed by atoms with Crippen LogP contribution in [0, 0.1) is 6.92 Å². The summed E-state index contributed by atoms with van der Waals surface area (Å²) < 4.78 is 7.26. The van der Waals surface area contributed by atoms with Crippen LogP contribution in [0.2, 0.25) is 5.02 Å². The van der Waals surface area contributed by atoms with Crippen molar-refractivity contribution in [2.45, 2.75) is 26.3 Å². The van der Waals surface area contributed by atoms with E-state index in [1.54, 1.807) is 0 Å². The lowest BCUT2D eigenvalue weighted by molar-refractivity contribution is 0.0600. The molecule has 1 aliphatic heterocycles. The number of methoxy groups -OCH3 is 1. The number of esters is 1. The minimum absolute atomic E-state index is 0.287. The molecule has 0 radical (unpaired) electrons. The highest BCUT2D eigenvalue weighted by atomic mass is 35.5. The normalized spacial score (nSPS) is 13.3. The Morgan fingerprint density at radius 3 is 2.83 bits per heavy atom. The van der Waals surface area contributed by atoms with Crippen molar-refractivity contribution in [3.05, 3.63) is 58.1 Å². The third-order valence-corrected chi connectivity index (χ3v) is 5.14. The predicted molar refractivity (Wildman–Crippen MR) is 96.8 cm³/mol. The minimum Gasteiger partial charge on any atom is -0.465 e. The van der Waals surface area contributed by atoms with Crippen LogP contribution >= 0.6 is 11.6 Å². The van der Waals surface area contributed by atoms with Crippen LogP contribution in [0.3, 0.4) is 0 Å². The molecule has 0 saturated heterocycles. The lowest BCUT2D eigenvalue weighted by Gasteiger charge is -2.14. The van der Waals surface area contributed by atoms with Gasteiger partial charge in [0.05, 0.1) is 12.7 Å². The van der Waals surface area contributed by atoms with E-state index in [0.717, 1.165) is 46.7 Å². The monoisotopic (exact) mass is 339 g/mol. The molecule has 4 rings (SSSR count). The summed E-state index contributed by atoms with van der Waals surface area (Å²) in [5.74, 6) is -0.287. The zero-order valence-corrected chi connectivity index (χ0v) is 14.5. The summed E-state index contributed by atoms with van der Waals surface area (Å²) in [5, 5.41) is 1.91. The van der Waals surface area contributed by atoms with Crippen molar-refractivity contribution in [2.24, 2.45) is 0 Å². The van der Waals surface area contributed by atoms with E-state index in [1.165, 1.54) is 18.1 Å². The Hall–Kier alpha value is -2.26. The van der Waals surface area contributed by atoms with Crippen LogP contribution in [0.25, 0.3) is 22.2 Å². The number of fused-ring (bicyclic) bond motifs is 5. The van der Waals surface area contributed by atoms with Crippen molar-refractivity contribution < 1.29 is 9.53 Å². The molecule has 0 bridgehead atoms. The summed E-state index contributed by atoms with van der Waals surface area (Å²) in [6.45, 7) is 2.95. The maximum absolute atomic E-state index is 12.1. The lowest BCUT2D eigenvalue weighted by Crippen LogP contribution is -2.06. The largest absolute Gasteiger partial charge is 0.465 e. The number of ether oxygens (including phenoxy) is 1. The number of benzene rings is 2. The van der Waals surface area contributed by atoms with Gasteiger partial charge in [-0.25, -0.2) is 4.79 Å². The van der Waals surface area contributed by atoms with Gasteiger partial charge < -0.3 is 9.30 Å². The van der Waals surface area contributed by atoms with Crippen molar-refractivity contribution in [3.63, 3.8) is 0 Å². The molecule has 0 N–H and O–H groups in total. The van der Waals surface area contributed by atoms with Gasteiger partial charge in [0.1, 0.15) is 0 Å². The number of nitrogens with zero attached hydrogens (tertiary/aromatic N) is 1. The van der Waals surface area contributed by atoms with E-state index in [0.29, 0.717) is 5.56 Å². The van der Waals surface area contributed by atoms with Crippen molar-refractivity contribution in [2.75, 3.05) is 7.11 Å². The lowest BCUT2D eigenvalue weighted by atomic mass is 9.93. The van der Waals surface area contributed by atoms with Crippen molar-refractivity contribution >= 4 is 28.5 Å². The van der Waals surface area contributed by atoms with Crippen molar-refractivity contribution in [1.29, 1.82) is 0 Å². The van der Waals surface area contributed by atoms with Gasteiger partial charge in [-0.15, -0.1) is 0 Å². The molecule has 3 nitrogen and oxygen atoms in total. The molecule has 2 aromatic carbocycles. The smallest absolute Gasteiger partial charge is 0.338 e. The highest BCUT2D eigenvalue weighted by molar-refractivity contribution is 6.31. The van der Waals surface area contributed by atoms with Gasteiger partial charge in [0, 0.05) is 33.7 Å². The maximum Gasteiger partial charge on any atom is 0.338 e. The summed E-state index contributed by atoms with van der Waals surface area (Å²) in [6, 6.07) is 12.1. The topological polar surface area (TPSA) is 31.2 Å². The summed E-state index contributed by atoms with van der Waals surface area (Å²) >= 11 is 6.20. The number of rotatable bonds is 1. The second kappa shape index (κ2) is 5.67. The quantitative estimate of drug-likeness (QED) is 0.584. The average Bonchev–Trinajstić information content (AvgIpc) is 2.81. The molecule has 0 spiro atoms. The predicted octanol–water partition coefficient (Wildman–Crippen LogP) is 5.00.